The average Bonchev–Trinajstić information content (AvgIpc) is 2.37. The molecule has 0 N–H and O–H groups in total. The Morgan fingerprint density at radius 2 is 1.38 bits per heavy atom. The highest BCUT2D eigenvalue weighted by Gasteiger charge is 2.04. The Morgan fingerprint density at radius 1 is 0.857 bits per heavy atom. The molecule has 2 rings (SSSR count). The van der Waals surface area contributed by atoms with Gasteiger partial charge in [0.05, 0.1) is 0 Å². The third-order valence-electron chi connectivity index (χ3n) is 3.26. The number of hydrogen-bond acceptors (Lipinski definition) is 2. The van der Waals surface area contributed by atoms with Crippen molar-refractivity contribution in [1.82, 2.24) is 4.98 Å². The summed E-state index contributed by atoms with van der Waals surface area (Å²) in [5.74, 6) is 0. The van der Waals surface area contributed by atoms with Crippen LogP contribution < -0.4 is 4.73 Å². The lowest BCUT2D eigenvalue weighted by atomic mass is 10.2. The van der Waals surface area contributed by atoms with Crippen LogP contribution in [-0.2, 0) is 0 Å². The van der Waals surface area contributed by atoms with Crippen molar-refractivity contribution in [2.24, 2.45) is 0 Å². The maximum absolute atomic E-state index is 11.1. The molecule has 0 saturated carbocycles. The second kappa shape index (κ2) is 9.06. The van der Waals surface area contributed by atoms with Crippen LogP contribution in [0.5, 0.6) is 0 Å². The largest absolute Gasteiger partial charge is 0.618 e. The summed E-state index contributed by atoms with van der Waals surface area (Å²) in [4.78, 5) is 4.27. The minimum absolute atomic E-state index is 0. The van der Waals surface area contributed by atoms with Crippen LogP contribution in [0.2, 0.25) is 0 Å². The summed E-state index contributed by atoms with van der Waals surface area (Å²) in [6.45, 7) is 11.7. The van der Waals surface area contributed by atoms with E-state index in [0.717, 1.165) is 33.1 Å². The number of aromatic nitrogens is 2. The Bertz CT molecular complexity index is 556. The van der Waals surface area contributed by atoms with E-state index in [1.54, 1.807) is 6.92 Å². The molecule has 0 amide bonds. The Kier molecular flexibility index (Phi) is 9.20. The van der Waals surface area contributed by atoms with Gasteiger partial charge in [0.2, 0.25) is 0 Å². The number of hydrogen-bond donors (Lipinski definition) is 0. The van der Waals surface area contributed by atoms with Crippen molar-refractivity contribution >= 4 is 0 Å². The van der Waals surface area contributed by atoms with E-state index in [4.69, 9.17) is 0 Å². The predicted molar refractivity (Wildman–Crippen MR) is 87.3 cm³/mol. The van der Waals surface area contributed by atoms with Gasteiger partial charge >= 0.3 is 0 Å². The maximum Gasteiger partial charge on any atom is 0.192 e. The first kappa shape index (κ1) is 21.3. The first-order valence-corrected chi connectivity index (χ1v) is 6.40. The molecule has 21 heavy (non-hydrogen) atoms. The van der Waals surface area contributed by atoms with Gasteiger partial charge in [0, 0.05) is 36.9 Å². The van der Waals surface area contributed by atoms with E-state index >= 15 is 0 Å². The van der Waals surface area contributed by atoms with E-state index in [1.165, 1.54) is 5.56 Å². The number of aryl methyl sites for hydroxylation is 5. The van der Waals surface area contributed by atoms with Crippen LogP contribution in [0.1, 0.15) is 41.3 Å². The molecule has 0 unspecified atom stereocenters. The lowest BCUT2D eigenvalue weighted by Gasteiger charge is -2.04. The van der Waals surface area contributed by atoms with Gasteiger partial charge in [-0.25, -0.2) is 0 Å². The molecule has 0 spiro atoms. The van der Waals surface area contributed by atoms with Gasteiger partial charge in [-0.3, -0.25) is 9.69 Å². The normalized spacial score (nSPS) is 8.86. The third-order valence-corrected chi connectivity index (χ3v) is 3.26. The summed E-state index contributed by atoms with van der Waals surface area (Å²) in [5.41, 5.74) is 6.08. The van der Waals surface area contributed by atoms with Gasteiger partial charge in [0.1, 0.15) is 0 Å². The molecular formula is C17H27FN2O. The highest BCUT2D eigenvalue weighted by atomic mass is 19.0. The van der Waals surface area contributed by atoms with E-state index in [0.29, 0.717) is 0 Å². The summed E-state index contributed by atoms with van der Waals surface area (Å²) in [5, 5.41) is 11.1. The van der Waals surface area contributed by atoms with Crippen molar-refractivity contribution in [3.8, 4) is 0 Å². The summed E-state index contributed by atoms with van der Waals surface area (Å²) in [6.07, 6.45) is 0. The molecule has 118 valence electrons. The molecule has 0 fully saturated rings. The van der Waals surface area contributed by atoms with Crippen LogP contribution in [0.15, 0.2) is 24.3 Å². The number of pyridine rings is 2. The zero-order valence-corrected chi connectivity index (χ0v) is 13.0. The molecule has 0 aliphatic heterocycles. The van der Waals surface area contributed by atoms with E-state index in [-0.39, 0.29) is 12.1 Å². The average molecular weight is 294 g/mol. The van der Waals surface area contributed by atoms with Gasteiger partial charge in [-0.1, -0.05) is 13.5 Å². The van der Waals surface area contributed by atoms with E-state index in [9.17, 15) is 5.21 Å². The molecule has 0 aliphatic carbocycles. The van der Waals surface area contributed by atoms with Crippen LogP contribution in [0, 0.1) is 46.7 Å². The summed E-state index contributed by atoms with van der Waals surface area (Å²) >= 11 is 0. The van der Waals surface area contributed by atoms with Crippen molar-refractivity contribution in [2.75, 3.05) is 0 Å². The van der Waals surface area contributed by atoms with E-state index < -0.39 is 0 Å². The topological polar surface area (TPSA) is 39.8 Å². The Morgan fingerprint density at radius 3 is 1.81 bits per heavy atom. The fourth-order valence-corrected chi connectivity index (χ4v) is 1.61. The molecule has 2 heterocycles. The molecule has 2 aromatic rings. The van der Waals surface area contributed by atoms with Gasteiger partial charge in [-0.2, -0.15) is 4.73 Å². The van der Waals surface area contributed by atoms with Crippen LogP contribution >= 0.6 is 0 Å². The fourth-order valence-electron chi connectivity index (χ4n) is 1.61. The van der Waals surface area contributed by atoms with Crippen LogP contribution in [0.3, 0.4) is 0 Å². The highest BCUT2D eigenvalue weighted by Crippen LogP contribution is 2.03. The van der Waals surface area contributed by atoms with E-state index in [1.807, 2.05) is 45.9 Å². The second-order valence-corrected chi connectivity index (χ2v) is 4.89. The number of nitrogens with zero attached hydrogens (tertiary/aromatic N) is 2. The minimum Gasteiger partial charge on any atom is -0.618 e. The van der Waals surface area contributed by atoms with E-state index in [2.05, 4.69) is 18.0 Å². The van der Waals surface area contributed by atoms with Gasteiger partial charge in [-0.05, 0) is 45.4 Å². The molecule has 0 bridgehead atoms. The van der Waals surface area contributed by atoms with Gasteiger partial charge in [0.15, 0.2) is 11.4 Å². The maximum atomic E-state index is 11.1. The molecule has 0 atom stereocenters. The fraction of sp³-hybridized carbons (Fsp3) is 0.412. The second-order valence-electron chi connectivity index (χ2n) is 4.89. The first-order valence-electron chi connectivity index (χ1n) is 6.40. The Balaban J connectivity index is 0. The summed E-state index contributed by atoms with van der Waals surface area (Å²) in [6, 6.07) is 7.91. The monoisotopic (exact) mass is 294 g/mol. The Hall–Kier alpha value is -1.97. The lowest BCUT2D eigenvalue weighted by molar-refractivity contribution is -0.619. The lowest BCUT2D eigenvalue weighted by Crippen LogP contribution is -2.34. The molecule has 3 nitrogen and oxygen atoms in total. The van der Waals surface area contributed by atoms with Gasteiger partial charge < -0.3 is 5.21 Å². The van der Waals surface area contributed by atoms with Crippen molar-refractivity contribution in [3.05, 3.63) is 63.4 Å². The van der Waals surface area contributed by atoms with Crippen molar-refractivity contribution in [1.29, 1.82) is 0 Å². The Labute approximate surface area is 127 Å². The zero-order chi connectivity index (χ0) is 14.6. The molecule has 4 heteroatoms. The molecule has 2 aromatic heterocycles. The van der Waals surface area contributed by atoms with Gasteiger partial charge in [0.25, 0.3) is 0 Å². The van der Waals surface area contributed by atoms with Crippen molar-refractivity contribution in [3.63, 3.8) is 0 Å². The standard InChI is InChI=1S/C8H11NO.C8H11N.CH4.FH/c1-6-4-5-7(2)9(10)8(6)3;1-6-4-5-7(2)9-8(6)3;;/h4-5H,1-3H3;4-5H,1-3H3;1H4;1H. The smallest absolute Gasteiger partial charge is 0.192 e. The zero-order valence-electron chi connectivity index (χ0n) is 13.0. The van der Waals surface area contributed by atoms with Crippen LogP contribution in [0.4, 0.5) is 4.70 Å². The molecule has 0 aromatic carbocycles. The summed E-state index contributed by atoms with van der Waals surface area (Å²) in [7, 11) is 0. The number of rotatable bonds is 0. The summed E-state index contributed by atoms with van der Waals surface area (Å²) < 4.78 is 0.954. The molecular weight excluding hydrogens is 267 g/mol. The quantitative estimate of drug-likeness (QED) is 0.543. The van der Waals surface area contributed by atoms with Crippen molar-refractivity contribution in [2.45, 2.75) is 49.0 Å². The molecule has 0 radical (unpaired) electrons. The third kappa shape index (κ3) is 5.90. The van der Waals surface area contributed by atoms with Crippen molar-refractivity contribution < 1.29 is 9.43 Å². The highest BCUT2D eigenvalue weighted by molar-refractivity contribution is 5.19. The molecule has 0 aliphatic rings. The first-order chi connectivity index (χ1) is 8.82. The van der Waals surface area contributed by atoms with Gasteiger partial charge in [-0.15, -0.1) is 0 Å². The van der Waals surface area contributed by atoms with Crippen LogP contribution in [0.25, 0.3) is 0 Å². The molecule has 0 saturated heterocycles. The van der Waals surface area contributed by atoms with Crippen LogP contribution in [-0.4, -0.2) is 4.98 Å². The minimum atomic E-state index is 0. The number of halogens is 1. The predicted octanol–water partition coefficient (Wildman–Crippen LogP) is 4.04. The SMILES string of the molecule is C.Cc1ccc(C)[n+]([O-])c1C.Cc1ccc(C)c(C)n1.F.